The van der Waals surface area contributed by atoms with Crippen LogP contribution in [0.15, 0.2) is 42.6 Å². The Morgan fingerprint density at radius 2 is 1.74 bits per heavy atom. The molecular formula is C16H18N2O. The van der Waals surface area contributed by atoms with Crippen molar-refractivity contribution in [3.8, 4) is 0 Å². The van der Waals surface area contributed by atoms with Gasteiger partial charge in [-0.25, -0.2) is 0 Å². The highest BCUT2D eigenvalue weighted by Crippen LogP contribution is 2.21. The van der Waals surface area contributed by atoms with Crippen LogP contribution in [0.3, 0.4) is 0 Å². The van der Waals surface area contributed by atoms with Gasteiger partial charge in [-0.05, 0) is 36.1 Å². The van der Waals surface area contributed by atoms with Crippen molar-refractivity contribution >= 4 is 5.69 Å². The summed E-state index contributed by atoms with van der Waals surface area (Å²) in [6.07, 6.45) is 3.93. The number of anilines is 1. The minimum absolute atomic E-state index is 0.00189. The second-order valence-corrected chi connectivity index (χ2v) is 4.92. The zero-order valence-electron chi connectivity index (χ0n) is 10.9. The number of nitrogens with zero attached hydrogens (tertiary/aromatic N) is 2. The first-order valence-corrected chi connectivity index (χ1v) is 6.74. The summed E-state index contributed by atoms with van der Waals surface area (Å²) in [5.41, 5.74) is 4.81. The van der Waals surface area contributed by atoms with Crippen molar-refractivity contribution in [3.05, 3.63) is 59.4 Å². The lowest BCUT2D eigenvalue weighted by Gasteiger charge is -2.22. The van der Waals surface area contributed by atoms with Crippen molar-refractivity contribution in [2.75, 3.05) is 18.0 Å². The smallest absolute Gasteiger partial charge is 0.0853 e. The molecule has 1 aromatic heterocycles. The summed E-state index contributed by atoms with van der Waals surface area (Å²) in [5, 5.41) is 9.18. The van der Waals surface area contributed by atoms with Gasteiger partial charge in [0, 0.05) is 25.0 Å². The summed E-state index contributed by atoms with van der Waals surface area (Å²) in [7, 11) is 0. The Balaban J connectivity index is 1.81. The number of benzene rings is 1. The molecular weight excluding hydrogens is 236 g/mol. The maximum atomic E-state index is 9.18. The summed E-state index contributed by atoms with van der Waals surface area (Å²) in [5.74, 6) is 0. The lowest BCUT2D eigenvalue weighted by Crippen LogP contribution is -2.26. The van der Waals surface area contributed by atoms with Crippen LogP contribution >= 0.6 is 0 Å². The van der Waals surface area contributed by atoms with E-state index in [9.17, 15) is 5.11 Å². The van der Waals surface area contributed by atoms with E-state index in [0.29, 0.717) is 0 Å². The lowest BCUT2D eigenvalue weighted by molar-refractivity contribution is 0.277. The predicted octanol–water partition coefficient (Wildman–Crippen LogP) is 2.18. The summed E-state index contributed by atoms with van der Waals surface area (Å²) in [4.78, 5) is 6.51. The van der Waals surface area contributed by atoms with Gasteiger partial charge in [-0.15, -0.1) is 0 Å². The van der Waals surface area contributed by atoms with Gasteiger partial charge in [-0.1, -0.05) is 24.3 Å². The van der Waals surface area contributed by atoms with Crippen LogP contribution in [-0.2, 0) is 19.4 Å². The minimum atomic E-state index is 0.00189. The molecule has 1 aliphatic rings. The van der Waals surface area contributed by atoms with Crippen LogP contribution in [0.1, 0.15) is 16.8 Å². The highest BCUT2D eigenvalue weighted by Gasteiger charge is 2.14. The van der Waals surface area contributed by atoms with Crippen molar-refractivity contribution in [2.24, 2.45) is 0 Å². The minimum Gasteiger partial charge on any atom is -0.390 e. The average molecular weight is 254 g/mol. The highest BCUT2D eigenvalue weighted by atomic mass is 16.3. The third-order valence-electron chi connectivity index (χ3n) is 3.75. The first-order valence-electron chi connectivity index (χ1n) is 6.74. The molecule has 1 aromatic carbocycles. The molecule has 0 saturated heterocycles. The third-order valence-corrected chi connectivity index (χ3v) is 3.75. The lowest BCUT2D eigenvalue weighted by atomic mass is 10.0. The molecule has 0 atom stereocenters. The van der Waals surface area contributed by atoms with Crippen LogP contribution in [0.5, 0.6) is 0 Å². The fraction of sp³-hybridized carbons (Fsp3) is 0.312. The van der Waals surface area contributed by atoms with Gasteiger partial charge < -0.3 is 10.0 Å². The van der Waals surface area contributed by atoms with E-state index in [2.05, 4.69) is 34.1 Å². The topological polar surface area (TPSA) is 36.4 Å². The van der Waals surface area contributed by atoms with Gasteiger partial charge in [0.15, 0.2) is 0 Å². The SMILES string of the molecule is OCc1cc(N2CCc3ccccc3CC2)ccn1. The van der Waals surface area contributed by atoms with Gasteiger partial charge in [0.2, 0.25) is 0 Å². The Bertz CT molecular complexity index is 541. The van der Waals surface area contributed by atoms with E-state index < -0.39 is 0 Å². The maximum Gasteiger partial charge on any atom is 0.0853 e. The summed E-state index contributed by atoms with van der Waals surface area (Å²) in [6, 6.07) is 12.7. The molecule has 98 valence electrons. The molecule has 1 aliphatic heterocycles. The van der Waals surface area contributed by atoms with Crippen LogP contribution in [0.25, 0.3) is 0 Å². The van der Waals surface area contributed by atoms with E-state index in [0.717, 1.165) is 37.3 Å². The van der Waals surface area contributed by atoms with Crippen molar-refractivity contribution < 1.29 is 5.11 Å². The zero-order chi connectivity index (χ0) is 13.1. The molecule has 2 heterocycles. The molecule has 0 bridgehead atoms. The van der Waals surface area contributed by atoms with Crippen LogP contribution < -0.4 is 4.90 Å². The number of aliphatic hydroxyl groups excluding tert-OH is 1. The van der Waals surface area contributed by atoms with E-state index in [1.807, 2.05) is 12.1 Å². The Morgan fingerprint density at radius 1 is 1.05 bits per heavy atom. The van der Waals surface area contributed by atoms with Crippen molar-refractivity contribution in [3.63, 3.8) is 0 Å². The van der Waals surface area contributed by atoms with E-state index in [1.54, 1.807) is 6.20 Å². The zero-order valence-corrected chi connectivity index (χ0v) is 10.9. The normalized spacial score (nSPS) is 14.9. The van der Waals surface area contributed by atoms with Crippen LogP contribution in [0.2, 0.25) is 0 Å². The summed E-state index contributed by atoms with van der Waals surface area (Å²) < 4.78 is 0. The first-order chi connectivity index (χ1) is 9.36. The quantitative estimate of drug-likeness (QED) is 0.892. The Labute approximate surface area is 113 Å². The number of aliphatic hydroxyl groups is 1. The van der Waals surface area contributed by atoms with E-state index in [-0.39, 0.29) is 6.61 Å². The van der Waals surface area contributed by atoms with Gasteiger partial charge in [-0.2, -0.15) is 0 Å². The second-order valence-electron chi connectivity index (χ2n) is 4.92. The van der Waals surface area contributed by atoms with E-state index in [1.165, 1.54) is 11.1 Å². The predicted molar refractivity (Wildman–Crippen MR) is 76.2 cm³/mol. The molecule has 19 heavy (non-hydrogen) atoms. The van der Waals surface area contributed by atoms with Crippen molar-refractivity contribution in [1.82, 2.24) is 4.98 Å². The molecule has 0 fully saturated rings. The number of hydrogen-bond acceptors (Lipinski definition) is 3. The molecule has 0 saturated carbocycles. The van der Waals surface area contributed by atoms with E-state index >= 15 is 0 Å². The number of aromatic nitrogens is 1. The molecule has 0 spiro atoms. The molecule has 0 aliphatic carbocycles. The largest absolute Gasteiger partial charge is 0.390 e. The third kappa shape index (κ3) is 2.61. The standard InChI is InChI=1S/C16H18N2O/c19-12-15-11-16(5-8-17-15)18-9-6-13-3-1-2-4-14(13)7-10-18/h1-5,8,11,19H,6-7,9-10,12H2. The molecule has 3 rings (SSSR count). The van der Waals surface area contributed by atoms with Gasteiger partial charge in [0.25, 0.3) is 0 Å². The summed E-state index contributed by atoms with van der Waals surface area (Å²) >= 11 is 0. The molecule has 3 nitrogen and oxygen atoms in total. The van der Waals surface area contributed by atoms with E-state index in [4.69, 9.17) is 0 Å². The van der Waals surface area contributed by atoms with Crippen molar-refractivity contribution in [1.29, 1.82) is 0 Å². The van der Waals surface area contributed by atoms with Crippen LogP contribution in [0.4, 0.5) is 5.69 Å². The van der Waals surface area contributed by atoms with Crippen molar-refractivity contribution in [2.45, 2.75) is 19.4 Å². The van der Waals surface area contributed by atoms with Crippen LogP contribution in [0, 0.1) is 0 Å². The first kappa shape index (κ1) is 12.2. The molecule has 1 N–H and O–H groups in total. The molecule has 3 heteroatoms. The highest BCUT2D eigenvalue weighted by molar-refractivity contribution is 5.48. The second kappa shape index (κ2) is 5.41. The van der Waals surface area contributed by atoms with Gasteiger partial charge >= 0.3 is 0 Å². The van der Waals surface area contributed by atoms with Gasteiger partial charge in [-0.3, -0.25) is 4.98 Å². The molecule has 0 radical (unpaired) electrons. The number of pyridine rings is 1. The van der Waals surface area contributed by atoms with Gasteiger partial charge in [0.1, 0.15) is 0 Å². The Hall–Kier alpha value is -1.87. The van der Waals surface area contributed by atoms with Gasteiger partial charge in [0.05, 0.1) is 12.3 Å². The number of fused-ring (bicyclic) bond motifs is 1. The van der Waals surface area contributed by atoms with Crippen LogP contribution in [-0.4, -0.2) is 23.2 Å². The Kier molecular flexibility index (Phi) is 3.47. The number of hydrogen-bond donors (Lipinski definition) is 1. The monoisotopic (exact) mass is 254 g/mol. The number of rotatable bonds is 2. The molecule has 0 unspecified atom stereocenters. The molecule has 2 aromatic rings. The summed E-state index contributed by atoms with van der Waals surface area (Å²) in [6.45, 7) is 2.04. The average Bonchev–Trinajstić information content (AvgIpc) is 2.70. The molecule has 0 amide bonds. The fourth-order valence-corrected chi connectivity index (χ4v) is 2.67. The fourth-order valence-electron chi connectivity index (χ4n) is 2.67. The maximum absolute atomic E-state index is 9.18. The Morgan fingerprint density at radius 3 is 2.37 bits per heavy atom.